The second-order valence-corrected chi connectivity index (χ2v) is 5.52. The first-order chi connectivity index (χ1) is 12.3. The molecule has 1 aromatic heterocycles. The highest BCUT2D eigenvalue weighted by atomic mass is 16.5. The molecule has 3 N–H and O–H groups in total. The molecule has 0 aliphatic rings. The van der Waals surface area contributed by atoms with Crippen LogP contribution < -0.4 is 10.6 Å². The average molecular weight is 337 g/mol. The summed E-state index contributed by atoms with van der Waals surface area (Å²) in [5, 5.41) is 18.9. The van der Waals surface area contributed by atoms with Crippen molar-refractivity contribution < 1.29 is 14.4 Å². The fraction of sp³-hybridized carbons (Fsp3) is 0.158. The maximum atomic E-state index is 12.0. The highest BCUT2D eigenvalue weighted by molar-refractivity contribution is 5.74. The Kier molecular flexibility index (Phi) is 5.43. The summed E-state index contributed by atoms with van der Waals surface area (Å²) in [7, 11) is 0. The molecule has 0 saturated carbocycles. The lowest BCUT2D eigenvalue weighted by atomic mass is 10.1. The smallest absolute Gasteiger partial charge is 0.315 e. The van der Waals surface area contributed by atoms with Crippen molar-refractivity contribution in [3.8, 4) is 11.3 Å². The first-order valence-corrected chi connectivity index (χ1v) is 7.97. The molecule has 6 heteroatoms. The number of benzene rings is 2. The number of nitrogens with one attached hydrogen (secondary N) is 2. The SMILES string of the molecule is O=C(NCc1cc(-c2ccccc2)on1)NC(CO)c1ccccc1. The Labute approximate surface area is 145 Å². The van der Waals surface area contributed by atoms with Gasteiger partial charge < -0.3 is 20.3 Å². The van der Waals surface area contributed by atoms with E-state index in [0.29, 0.717) is 11.5 Å². The minimum atomic E-state index is -0.460. The molecule has 1 unspecified atom stereocenters. The van der Waals surface area contributed by atoms with Crippen LogP contribution in [0.15, 0.2) is 71.3 Å². The van der Waals surface area contributed by atoms with E-state index in [4.69, 9.17) is 4.52 Å². The van der Waals surface area contributed by atoms with E-state index >= 15 is 0 Å². The number of urea groups is 1. The van der Waals surface area contributed by atoms with Crippen LogP contribution in [0.2, 0.25) is 0 Å². The van der Waals surface area contributed by atoms with Crippen molar-refractivity contribution in [3.05, 3.63) is 78.0 Å². The zero-order valence-electron chi connectivity index (χ0n) is 13.6. The number of rotatable bonds is 6. The number of carbonyl (C=O) groups excluding carboxylic acids is 1. The van der Waals surface area contributed by atoms with Crippen LogP contribution in [0.3, 0.4) is 0 Å². The van der Waals surface area contributed by atoms with Crippen molar-refractivity contribution in [2.75, 3.05) is 6.61 Å². The van der Waals surface area contributed by atoms with Crippen LogP contribution in [-0.2, 0) is 6.54 Å². The lowest BCUT2D eigenvalue weighted by Crippen LogP contribution is -2.38. The van der Waals surface area contributed by atoms with Gasteiger partial charge >= 0.3 is 6.03 Å². The highest BCUT2D eigenvalue weighted by Gasteiger charge is 2.14. The molecule has 3 aromatic rings. The second-order valence-electron chi connectivity index (χ2n) is 5.52. The van der Waals surface area contributed by atoms with Crippen LogP contribution in [-0.4, -0.2) is 22.9 Å². The molecule has 2 amide bonds. The molecule has 2 aromatic carbocycles. The Balaban J connectivity index is 1.55. The van der Waals surface area contributed by atoms with Crippen molar-refractivity contribution >= 4 is 6.03 Å². The highest BCUT2D eigenvalue weighted by Crippen LogP contribution is 2.19. The first kappa shape index (κ1) is 16.7. The predicted molar refractivity (Wildman–Crippen MR) is 93.6 cm³/mol. The lowest BCUT2D eigenvalue weighted by molar-refractivity contribution is 0.216. The summed E-state index contributed by atoms with van der Waals surface area (Å²) in [5.74, 6) is 0.648. The van der Waals surface area contributed by atoms with E-state index in [1.165, 1.54) is 0 Å². The van der Waals surface area contributed by atoms with E-state index in [2.05, 4.69) is 15.8 Å². The van der Waals surface area contributed by atoms with Gasteiger partial charge in [0, 0.05) is 11.6 Å². The quantitative estimate of drug-likeness (QED) is 0.645. The van der Waals surface area contributed by atoms with Crippen LogP contribution in [0.1, 0.15) is 17.3 Å². The third kappa shape index (κ3) is 4.45. The number of nitrogens with zero attached hydrogens (tertiary/aromatic N) is 1. The van der Waals surface area contributed by atoms with Crippen LogP contribution in [0.5, 0.6) is 0 Å². The fourth-order valence-corrected chi connectivity index (χ4v) is 2.43. The number of aliphatic hydroxyl groups excluding tert-OH is 1. The molecular formula is C19H19N3O3. The van der Waals surface area contributed by atoms with Crippen LogP contribution in [0.4, 0.5) is 4.79 Å². The Hall–Kier alpha value is -3.12. The van der Waals surface area contributed by atoms with Crippen LogP contribution >= 0.6 is 0 Å². The average Bonchev–Trinajstić information content (AvgIpc) is 3.15. The Morgan fingerprint density at radius 1 is 1.08 bits per heavy atom. The Morgan fingerprint density at radius 3 is 2.44 bits per heavy atom. The van der Waals surface area contributed by atoms with Crippen LogP contribution in [0, 0.1) is 0 Å². The largest absolute Gasteiger partial charge is 0.394 e. The monoisotopic (exact) mass is 337 g/mol. The van der Waals surface area contributed by atoms with E-state index in [1.807, 2.05) is 60.7 Å². The summed E-state index contributed by atoms with van der Waals surface area (Å²) < 4.78 is 5.29. The molecule has 0 radical (unpaired) electrons. The zero-order chi connectivity index (χ0) is 17.5. The summed E-state index contributed by atoms with van der Waals surface area (Å²) in [6.07, 6.45) is 0. The van der Waals surface area contributed by atoms with Crippen molar-refractivity contribution in [1.82, 2.24) is 15.8 Å². The van der Waals surface area contributed by atoms with Gasteiger partial charge in [0.25, 0.3) is 0 Å². The molecule has 6 nitrogen and oxygen atoms in total. The van der Waals surface area contributed by atoms with Gasteiger partial charge in [-0.2, -0.15) is 0 Å². The number of carbonyl (C=O) groups is 1. The first-order valence-electron chi connectivity index (χ1n) is 7.97. The number of aliphatic hydroxyl groups is 1. The Morgan fingerprint density at radius 2 is 1.76 bits per heavy atom. The number of amides is 2. The summed E-state index contributed by atoms with van der Waals surface area (Å²) >= 11 is 0. The number of hydrogen-bond acceptors (Lipinski definition) is 4. The van der Waals surface area contributed by atoms with Gasteiger partial charge in [-0.05, 0) is 5.56 Å². The van der Waals surface area contributed by atoms with Gasteiger partial charge in [0.1, 0.15) is 5.69 Å². The molecule has 0 aliphatic heterocycles. The molecule has 0 bridgehead atoms. The topological polar surface area (TPSA) is 87.4 Å². The van der Waals surface area contributed by atoms with Crippen molar-refractivity contribution in [2.24, 2.45) is 0 Å². The normalized spacial score (nSPS) is 11.7. The van der Waals surface area contributed by atoms with Gasteiger partial charge in [0.2, 0.25) is 0 Å². The number of aromatic nitrogens is 1. The molecular weight excluding hydrogens is 318 g/mol. The van der Waals surface area contributed by atoms with Gasteiger partial charge in [-0.1, -0.05) is 65.8 Å². The molecule has 25 heavy (non-hydrogen) atoms. The molecule has 0 aliphatic carbocycles. The summed E-state index contributed by atoms with van der Waals surface area (Å²) in [4.78, 5) is 12.0. The van der Waals surface area contributed by atoms with E-state index < -0.39 is 6.04 Å². The third-order valence-electron chi connectivity index (χ3n) is 3.74. The van der Waals surface area contributed by atoms with Crippen molar-refractivity contribution in [2.45, 2.75) is 12.6 Å². The fourth-order valence-electron chi connectivity index (χ4n) is 2.43. The molecule has 1 heterocycles. The molecule has 128 valence electrons. The van der Waals surface area contributed by atoms with Gasteiger partial charge in [-0.15, -0.1) is 0 Å². The number of hydrogen-bond donors (Lipinski definition) is 3. The van der Waals surface area contributed by atoms with Crippen molar-refractivity contribution in [3.63, 3.8) is 0 Å². The van der Waals surface area contributed by atoms with Gasteiger partial charge in [0.15, 0.2) is 5.76 Å². The minimum absolute atomic E-state index is 0.181. The minimum Gasteiger partial charge on any atom is -0.394 e. The summed E-state index contributed by atoms with van der Waals surface area (Å²) in [6.45, 7) is 0.0503. The van der Waals surface area contributed by atoms with Crippen molar-refractivity contribution in [1.29, 1.82) is 0 Å². The Bertz CT molecular complexity index is 803. The standard InChI is InChI=1S/C19H19N3O3/c23-13-17(14-7-3-1-4-8-14)21-19(24)20-12-16-11-18(25-22-16)15-9-5-2-6-10-15/h1-11,17,23H,12-13H2,(H2,20,21,24). The van der Waals surface area contributed by atoms with E-state index in [9.17, 15) is 9.90 Å². The van der Waals surface area contributed by atoms with Gasteiger partial charge in [-0.3, -0.25) is 0 Å². The van der Waals surface area contributed by atoms with E-state index in [0.717, 1.165) is 11.1 Å². The molecule has 3 rings (SSSR count). The lowest BCUT2D eigenvalue weighted by Gasteiger charge is -2.16. The summed E-state index contributed by atoms with van der Waals surface area (Å²) in [6, 6.07) is 19.9. The third-order valence-corrected chi connectivity index (χ3v) is 3.74. The maximum absolute atomic E-state index is 12.0. The zero-order valence-corrected chi connectivity index (χ0v) is 13.6. The molecule has 0 fully saturated rings. The second kappa shape index (κ2) is 8.12. The molecule has 0 saturated heterocycles. The summed E-state index contributed by atoms with van der Waals surface area (Å²) in [5.41, 5.74) is 2.39. The van der Waals surface area contributed by atoms with E-state index in [1.54, 1.807) is 6.07 Å². The van der Waals surface area contributed by atoms with Crippen LogP contribution in [0.25, 0.3) is 11.3 Å². The van der Waals surface area contributed by atoms with E-state index in [-0.39, 0.29) is 19.2 Å². The molecule has 0 spiro atoms. The molecule has 1 atom stereocenters. The maximum Gasteiger partial charge on any atom is 0.315 e. The van der Waals surface area contributed by atoms with Gasteiger partial charge in [-0.25, -0.2) is 4.79 Å². The predicted octanol–water partition coefficient (Wildman–Crippen LogP) is 2.87. The van der Waals surface area contributed by atoms with Gasteiger partial charge in [0.05, 0.1) is 19.2 Å².